The molecule has 2 aromatic carbocycles. The summed E-state index contributed by atoms with van der Waals surface area (Å²) >= 11 is 0. The van der Waals surface area contributed by atoms with Gasteiger partial charge in [0.05, 0.1) is 31.4 Å². The van der Waals surface area contributed by atoms with Crippen LogP contribution in [0.15, 0.2) is 60.2 Å². The molecule has 2 saturated heterocycles. The van der Waals surface area contributed by atoms with E-state index in [1.807, 2.05) is 30.3 Å². The van der Waals surface area contributed by atoms with Crippen LogP contribution in [0.25, 0.3) is 5.76 Å². The molecule has 1 amide bonds. The molecule has 34 heavy (non-hydrogen) atoms. The molecular formula is C27H32N2O5. The van der Waals surface area contributed by atoms with E-state index in [0.29, 0.717) is 44.2 Å². The first kappa shape index (κ1) is 24.0. The molecule has 7 nitrogen and oxygen atoms in total. The zero-order valence-corrected chi connectivity index (χ0v) is 19.6. The van der Waals surface area contributed by atoms with Crippen molar-refractivity contribution in [1.29, 1.82) is 0 Å². The Hall–Kier alpha value is -3.16. The Balaban J connectivity index is 1.70. The summed E-state index contributed by atoms with van der Waals surface area (Å²) in [7, 11) is 0. The van der Waals surface area contributed by atoms with Crippen molar-refractivity contribution in [1.82, 2.24) is 9.80 Å². The highest BCUT2D eigenvalue weighted by atomic mass is 16.5. The fourth-order valence-electron chi connectivity index (χ4n) is 4.39. The number of hydrogen-bond acceptors (Lipinski definition) is 6. The first-order valence-electron chi connectivity index (χ1n) is 12.0. The predicted molar refractivity (Wildman–Crippen MR) is 130 cm³/mol. The minimum atomic E-state index is -0.684. The number of aliphatic hydroxyl groups excluding tert-OH is 1. The molecule has 1 N–H and O–H groups in total. The van der Waals surface area contributed by atoms with Crippen LogP contribution in [0.1, 0.15) is 36.9 Å². The number of benzene rings is 2. The maximum atomic E-state index is 13.2. The molecule has 7 heteroatoms. The zero-order valence-electron chi connectivity index (χ0n) is 19.6. The van der Waals surface area contributed by atoms with Gasteiger partial charge in [-0.3, -0.25) is 14.5 Å². The zero-order chi connectivity index (χ0) is 23.9. The van der Waals surface area contributed by atoms with Crippen LogP contribution in [-0.4, -0.2) is 72.6 Å². The highest BCUT2D eigenvalue weighted by Gasteiger charge is 2.46. The lowest BCUT2D eigenvalue weighted by Gasteiger charge is -2.31. The van der Waals surface area contributed by atoms with Crippen molar-refractivity contribution < 1.29 is 24.2 Å². The molecule has 2 aromatic rings. The maximum Gasteiger partial charge on any atom is 0.295 e. The van der Waals surface area contributed by atoms with Gasteiger partial charge in [0.2, 0.25) is 0 Å². The van der Waals surface area contributed by atoms with E-state index in [9.17, 15) is 14.7 Å². The molecule has 2 fully saturated rings. The lowest BCUT2D eigenvalue weighted by Crippen LogP contribution is -2.42. The summed E-state index contributed by atoms with van der Waals surface area (Å²) in [4.78, 5) is 30.2. The molecule has 0 aromatic heterocycles. The van der Waals surface area contributed by atoms with Crippen LogP contribution in [0.5, 0.6) is 5.75 Å². The van der Waals surface area contributed by atoms with E-state index >= 15 is 0 Å². The van der Waals surface area contributed by atoms with Crippen molar-refractivity contribution in [3.63, 3.8) is 0 Å². The van der Waals surface area contributed by atoms with Crippen LogP contribution in [0.2, 0.25) is 0 Å². The molecule has 0 spiro atoms. The molecule has 4 rings (SSSR count). The Bertz CT molecular complexity index is 1030. The quantitative estimate of drug-likeness (QED) is 0.264. The average Bonchev–Trinajstić information content (AvgIpc) is 3.13. The van der Waals surface area contributed by atoms with Gasteiger partial charge >= 0.3 is 0 Å². The number of unbranched alkanes of at least 4 members (excludes halogenated alkanes) is 1. The van der Waals surface area contributed by atoms with E-state index in [1.165, 1.54) is 0 Å². The number of ether oxygens (including phenoxy) is 2. The number of nitrogens with zero attached hydrogens (tertiary/aromatic N) is 2. The van der Waals surface area contributed by atoms with Crippen molar-refractivity contribution in [2.75, 3.05) is 46.0 Å². The summed E-state index contributed by atoms with van der Waals surface area (Å²) < 4.78 is 11.3. The summed E-state index contributed by atoms with van der Waals surface area (Å²) in [5, 5.41) is 11.1. The number of rotatable bonds is 9. The Morgan fingerprint density at radius 3 is 2.56 bits per heavy atom. The highest BCUT2D eigenvalue weighted by Crippen LogP contribution is 2.40. The van der Waals surface area contributed by atoms with E-state index in [4.69, 9.17) is 9.47 Å². The number of Topliss-reactive ketones (excluding diaryl/α,β-unsaturated/α-hetero) is 1. The Morgan fingerprint density at radius 1 is 1.06 bits per heavy atom. The molecule has 2 aliphatic heterocycles. The Labute approximate surface area is 200 Å². The second-order valence-electron chi connectivity index (χ2n) is 8.59. The van der Waals surface area contributed by atoms with Crippen molar-refractivity contribution in [2.45, 2.75) is 25.8 Å². The normalized spacial score (nSPS) is 20.6. The first-order chi connectivity index (χ1) is 16.6. The van der Waals surface area contributed by atoms with Gasteiger partial charge in [0, 0.05) is 31.7 Å². The molecule has 180 valence electrons. The van der Waals surface area contributed by atoms with Crippen LogP contribution < -0.4 is 4.74 Å². The standard InChI is InChI=1S/C27H32N2O5/c1-2-3-16-34-22-11-7-10-21(19-22)24-23(25(30)20-8-5-4-6-9-20)26(31)27(32)29(24)13-12-28-14-17-33-18-15-28/h4-11,19,24,30H,2-3,12-18H2,1H3/b25-23+. The Morgan fingerprint density at radius 2 is 1.82 bits per heavy atom. The van der Waals surface area contributed by atoms with Crippen molar-refractivity contribution >= 4 is 17.4 Å². The molecule has 0 saturated carbocycles. The van der Waals surface area contributed by atoms with Crippen molar-refractivity contribution in [3.05, 3.63) is 71.3 Å². The number of likely N-dealkylation sites (tertiary alicyclic amines) is 1. The minimum Gasteiger partial charge on any atom is -0.507 e. The Kier molecular flexibility index (Phi) is 7.98. The second-order valence-corrected chi connectivity index (χ2v) is 8.59. The molecule has 0 aliphatic carbocycles. The molecule has 0 bridgehead atoms. The highest BCUT2D eigenvalue weighted by molar-refractivity contribution is 6.46. The van der Waals surface area contributed by atoms with E-state index < -0.39 is 17.7 Å². The predicted octanol–water partition coefficient (Wildman–Crippen LogP) is 3.62. The maximum absolute atomic E-state index is 13.2. The largest absolute Gasteiger partial charge is 0.507 e. The summed E-state index contributed by atoms with van der Waals surface area (Å²) in [6.45, 7) is 6.61. The van der Waals surface area contributed by atoms with Crippen molar-refractivity contribution in [2.24, 2.45) is 0 Å². The third kappa shape index (κ3) is 5.32. The van der Waals surface area contributed by atoms with Crippen LogP contribution in [0, 0.1) is 0 Å². The number of aliphatic hydroxyl groups is 1. The van der Waals surface area contributed by atoms with E-state index in [0.717, 1.165) is 31.5 Å². The number of carbonyl (C=O) groups excluding carboxylic acids is 2. The van der Waals surface area contributed by atoms with E-state index in [2.05, 4.69) is 11.8 Å². The van der Waals surface area contributed by atoms with E-state index in [1.54, 1.807) is 29.2 Å². The average molecular weight is 465 g/mol. The first-order valence-corrected chi connectivity index (χ1v) is 12.0. The molecule has 0 radical (unpaired) electrons. The number of morpholine rings is 1. The summed E-state index contributed by atoms with van der Waals surface area (Å²) in [6.07, 6.45) is 1.97. The molecular weight excluding hydrogens is 432 g/mol. The van der Waals surface area contributed by atoms with Crippen LogP contribution in [-0.2, 0) is 14.3 Å². The number of carbonyl (C=O) groups is 2. The summed E-state index contributed by atoms with van der Waals surface area (Å²) in [5.74, 6) is -0.724. The monoisotopic (exact) mass is 464 g/mol. The van der Waals surface area contributed by atoms with Gasteiger partial charge in [-0.25, -0.2) is 0 Å². The van der Waals surface area contributed by atoms with Gasteiger partial charge in [0.25, 0.3) is 11.7 Å². The minimum absolute atomic E-state index is 0.115. The topological polar surface area (TPSA) is 79.3 Å². The third-order valence-electron chi connectivity index (χ3n) is 6.29. The smallest absolute Gasteiger partial charge is 0.295 e. The molecule has 1 atom stereocenters. The van der Waals surface area contributed by atoms with Gasteiger partial charge in [-0.15, -0.1) is 0 Å². The lowest BCUT2D eigenvalue weighted by atomic mass is 9.95. The second kappa shape index (κ2) is 11.3. The van der Waals surface area contributed by atoms with Gasteiger partial charge in [-0.1, -0.05) is 55.8 Å². The third-order valence-corrected chi connectivity index (χ3v) is 6.29. The van der Waals surface area contributed by atoms with Crippen molar-refractivity contribution in [3.8, 4) is 5.75 Å². The fraction of sp³-hybridized carbons (Fsp3) is 0.407. The number of amides is 1. The van der Waals surface area contributed by atoms with Gasteiger partial charge < -0.3 is 19.5 Å². The molecule has 2 aliphatic rings. The summed E-state index contributed by atoms with van der Waals surface area (Å²) in [6, 6.07) is 15.7. The molecule has 1 unspecified atom stereocenters. The fourth-order valence-corrected chi connectivity index (χ4v) is 4.39. The number of ketones is 1. The van der Waals surface area contributed by atoms with Gasteiger partial charge in [-0.05, 0) is 24.1 Å². The SMILES string of the molecule is CCCCOc1cccc(C2/C(=C(\O)c3ccccc3)C(=O)C(=O)N2CCN2CCOCC2)c1. The molecule has 2 heterocycles. The number of hydrogen-bond donors (Lipinski definition) is 1. The van der Waals surface area contributed by atoms with Gasteiger partial charge in [0.1, 0.15) is 11.5 Å². The van der Waals surface area contributed by atoms with E-state index in [-0.39, 0.29) is 11.3 Å². The van der Waals surface area contributed by atoms with Gasteiger partial charge in [-0.2, -0.15) is 0 Å². The lowest BCUT2D eigenvalue weighted by molar-refractivity contribution is -0.140. The van der Waals surface area contributed by atoms with Gasteiger partial charge in [0.15, 0.2) is 0 Å². The van der Waals surface area contributed by atoms with Crippen LogP contribution in [0.3, 0.4) is 0 Å². The van der Waals surface area contributed by atoms with Crippen LogP contribution in [0.4, 0.5) is 0 Å². The summed E-state index contributed by atoms with van der Waals surface area (Å²) in [5.41, 5.74) is 1.37. The van der Waals surface area contributed by atoms with Crippen LogP contribution >= 0.6 is 0 Å².